The molecule has 2 aliphatic carbocycles. The normalized spacial score (nSPS) is 27.8. The maximum absolute atomic E-state index is 12.5. The van der Waals surface area contributed by atoms with Gasteiger partial charge in [0, 0.05) is 19.5 Å². The van der Waals surface area contributed by atoms with Crippen molar-refractivity contribution in [3.63, 3.8) is 0 Å². The largest absolute Gasteiger partial charge is 0.344 e. The Hall–Kier alpha value is -1.82. The van der Waals surface area contributed by atoms with Crippen molar-refractivity contribution in [2.24, 2.45) is 17.8 Å². The lowest BCUT2D eigenvalue weighted by molar-refractivity contribution is -0.132. The Morgan fingerprint density at radius 2 is 2.25 bits per heavy atom. The zero-order valence-electron chi connectivity index (χ0n) is 12.0. The highest BCUT2D eigenvalue weighted by atomic mass is 16.2. The lowest BCUT2D eigenvalue weighted by atomic mass is 9.92. The summed E-state index contributed by atoms with van der Waals surface area (Å²) in [6, 6.07) is 10.7. The third kappa shape index (κ3) is 2.10. The molecule has 1 fully saturated rings. The average Bonchev–Trinajstić information content (AvgIpc) is 3.21. The number of aryl methyl sites for hydroxylation is 1. The number of carbonyl (C=O) groups is 1. The standard InChI is InChI=1S/C17H20N2O/c1-11(9-18)10-19(2)17(20)16-14-8-7-12-5-3-4-6-13(12)15(14)16/h3-6,11,14-16H,7-8,10H2,1-2H3. The van der Waals surface area contributed by atoms with E-state index in [1.54, 1.807) is 4.90 Å². The number of benzene rings is 1. The number of rotatable bonds is 3. The molecule has 0 heterocycles. The topological polar surface area (TPSA) is 44.1 Å². The Balaban J connectivity index is 1.73. The van der Waals surface area contributed by atoms with E-state index in [9.17, 15) is 4.79 Å². The van der Waals surface area contributed by atoms with Crippen LogP contribution in [0.2, 0.25) is 0 Å². The number of fused-ring (bicyclic) bond motifs is 3. The van der Waals surface area contributed by atoms with Gasteiger partial charge in [0.15, 0.2) is 0 Å². The fourth-order valence-electron chi connectivity index (χ4n) is 3.70. The molecule has 0 aromatic heterocycles. The van der Waals surface area contributed by atoms with E-state index in [0.29, 0.717) is 18.4 Å². The molecule has 3 heteroatoms. The van der Waals surface area contributed by atoms with Crippen molar-refractivity contribution in [3.05, 3.63) is 35.4 Å². The molecule has 20 heavy (non-hydrogen) atoms. The van der Waals surface area contributed by atoms with Crippen LogP contribution in [0, 0.1) is 29.1 Å². The first-order valence-corrected chi connectivity index (χ1v) is 7.36. The van der Waals surface area contributed by atoms with Crippen LogP contribution in [0.1, 0.15) is 30.4 Å². The molecular formula is C17H20N2O. The Morgan fingerprint density at radius 1 is 1.50 bits per heavy atom. The summed E-state index contributed by atoms with van der Waals surface area (Å²) in [6.45, 7) is 2.39. The molecule has 0 spiro atoms. The first kappa shape index (κ1) is 13.2. The summed E-state index contributed by atoms with van der Waals surface area (Å²) in [5.74, 6) is 1.22. The Morgan fingerprint density at radius 3 is 3.00 bits per heavy atom. The van der Waals surface area contributed by atoms with Gasteiger partial charge in [-0.25, -0.2) is 0 Å². The zero-order chi connectivity index (χ0) is 14.3. The van der Waals surface area contributed by atoms with Gasteiger partial charge >= 0.3 is 0 Å². The first-order chi connectivity index (χ1) is 9.63. The molecule has 4 unspecified atom stereocenters. The summed E-state index contributed by atoms with van der Waals surface area (Å²) < 4.78 is 0. The van der Waals surface area contributed by atoms with Gasteiger partial charge in [-0.2, -0.15) is 5.26 Å². The third-order valence-corrected chi connectivity index (χ3v) is 4.76. The van der Waals surface area contributed by atoms with E-state index in [4.69, 9.17) is 5.26 Å². The van der Waals surface area contributed by atoms with Crippen molar-refractivity contribution in [2.45, 2.75) is 25.7 Å². The number of carbonyl (C=O) groups excluding carboxylic acids is 1. The minimum Gasteiger partial charge on any atom is -0.344 e. The fourth-order valence-corrected chi connectivity index (χ4v) is 3.70. The summed E-state index contributed by atoms with van der Waals surface area (Å²) in [7, 11) is 1.83. The summed E-state index contributed by atoms with van der Waals surface area (Å²) >= 11 is 0. The van der Waals surface area contributed by atoms with Crippen LogP contribution in [0.4, 0.5) is 0 Å². The molecule has 1 saturated carbocycles. The molecular weight excluding hydrogens is 248 g/mol. The number of hydrogen-bond acceptors (Lipinski definition) is 2. The van der Waals surface area contributed by atoms with Crippen molar-refractivity contribution in [1.29, 1.82) is 5.26 Å². The van der Waals surface area contributed by atoms with E-state index < -0.39 is 0 Å². The number of hydrogen-bond donors (Lipinski definition) is 0. The lowest BCUT2D eigenvalue weighted by Gasteiger charge is -2.18. The van der Waals surface area contributed by atoms with Crippen LogP contribution in [-0.2, 0) is 11.2 Å². The van der Waals surface area contributed by atoms with Gasteiger partial charge in [-0.05, 0) is 42.7 Å². The van der Waals surface area contributed by atoms with Crippen LogP contribution in [-0.4, -0.2) is 24.4 Å². The fraction of sp³-hybridized carbons (Fsp3) is 0.529. The van der Waals surface area contributed by atoms with E-state index in [1.165, 1.54) is 11.1 Å². The van der Waals surface area contributed by atoms with Gasteiger partial charge < -0.3 is 4.90 Å². The quantitative estimate of drug-likeness (QED) is 0.845. The number of nitrogens with zero attached hydrogens (tertiary/aromatic N) is 2. The molecule has 3 nitrogen and oxygen atoms in total. The van der Waals surface area contributed by atoms with Gasteiger partial charge in [-0.15, -0.1) is 0 Å². The summed E-state index contributed by atoms with van der Waals surface area (Å²) in [5.41, 5.74) is 2.79. The van der Waals surface area contributed by atoms with Crippen molar-refractivity contribution < 1.29 is 4.79 Å². The highest BCUT2D eigenvalue weighted by Crippen LogP contribution is 2.60. The molecule has 3 rings (SSSR count). The van der Waals surface area contributed by atoms with Crippen molar-refractivity contribution in [3.8, 4) is 6.07 Å². The third-order valence-electron chi connectivity index (χ3n) is 4.76. The molecule has 0 N–H and O–H groups in total. The van der Waals surface area contributed by atoms with Gasteiger partial charge in [0.1, 0.15) is 0 Å². The molecule has 4 atom stereocenters. The van der Waals surface area contributed by atoms with Gasteiger partial charge in [0.05, 0.1) is 12.0 Å². The summed E-state index contributed by atoms with van der Waals surface area (Å²) in [6.07, 6.45) is 2.22. The van der Waals surface area contributed by atoms with Gasteiger partial charge in [0.25, 0.3) is 0 Å². The Labute approximate surface area is 120 Å². The van der Waals surface area contributed by atoms with E-state index >= 15 is 0 Å². The molecule has 0 bridgehead atoms. The molecule has 1 amide bonds. The first-order valence-electron chi connectivity index (χ1n) is 7.36. The zero-order valence-corrected chi connectivity index (χ0v) is 12.0. The molecule has 0 radical (unpaired) electrons. The molecule has 0 aliphatic heterocycles. The second-order valence-corrected chi connectivity index (χ2v) is 6.20. The van der Waals surface area contributed by atoms with Crippen LogP contribution >= 0.6 is 0 Å². The summed E-state index contributed by atoms with van der Waals surface area (Å²) in [4.78, 5) is 14.3. The average molecular weight is 268 g/mol. The number of amides is 1. The highest BCUT2D eigenvalue weighted by molar-refractivity contribution is 5.84. The molecule has 104 valence electrons. The van der Waals surface area contributed by atoms with E-state index in [2.05, 4.69) is 30.3 Å². The van der Waals surface area contributed by atoms with E-state index in [0.717, 1.165) is 12.8 Å². The van der Waals surface area contributed by atoms with Gasteiger partial charge in [0.2, 0.25) is 5.91 Å². The van der Waals surface area contributed by atoms with Crippen LogP contribution in [0.5, 0.6) is 0 Å². The predicted molar refractivity (Wildman–Crippen MR) is 76.9 cm³/mol. The molecule has 0 saturated heterocycles. The van der Waals surface area contributed by atoms with E-state index in [1.807, 2.05) is 14.0 Å². The van der Waals surface area contributed by atoms with Crippen LogP contribution < -0.4 is 0 Å². The van der Waals surface area contributed by atoms with Crippen molar-refractivity contribution in [2.75, 3.05) is 13.6 Å². The smallest absolute Gasteiger partial charge is 0.226 e. The molecule has 1 aromatic rings. The van der Waals surface area contributed by atoms with Crippen LogP contribution in [0.3, 0.4) is 0 Å². The molecule has 2 aliphatic rings. The van der Waals surface area contributed by atoms with Gasteiger partial charge in [-0.3, -0.25) is 4.79 Å². The second kappa shape index (κ2) is 4.94. The summed E-state index contributed by atoms with van der Waals surface area (Å²) in [5, 5.41) is 8.87. The Kier molecular flexibility index (Phi) is 3.25. The van der Waals surface area contributed by atoms with E-state index in [-0.39, 0.29) is 17.7 Å². The maximum atomic E-state index is 12.5. The molecule has 1 aromatic carbocycles. The predicted octanol–water partition coefficient (Wildman–Crippen LogP) is 2.58. The minimum absolute atomic E-state index is 0.1000. The Bertz CT molecular complexity index is 575. The van der Waals surface area contributed by atoms with Crippen molar-refractivity contribution in [1.82, 2.24) is 4.90 Å². The van der Waals surface area contributed by atoms with Crippen LogP contribution in [0.15, 0.2) is 24.3 Å². The number of nitriles is 1. The van der Waals surface area contributed by atoms with Crippen LogP contribution in [0.25, 0.3) is 0 Å². The monoisotopic (exact) mass is 268 g/mol. The SMILES string of the molecule is CC(C#N)CN(C)C(=O)C1C2CCc3ccccc3C21. The second-order valence-electron chi connectivity index (χ2n) is 6.20. The highest BCUT2D eigenvalue weighted by Gasteiger charge is 2.57. The lowest BCUT2D eigenvalue weighted by Crippen LogP contribution is -2.32. The maximum Gasteiger partial charge on any atom is 0.226 e. The van der Waals surface area contributed by atoms with Crippen molar-refractivity contribution >= 4 is 5.91 Å². The van der Waals surface area contributed by atoms with Gasteiger partial charge in [-0.1, -0.05) is 24.3 Å². The minimum atomic E-state index is -0.1000.